The summed E-state index contributed by atoms with van der Waals surface area (Å²) < 4.78 is 0. The molecule has 0 aromatic heterocycles. The zero-order chi connectivity index (χ0) is 23.5. The summed E-state index contributed by atoms with van der Waals surface area (Å²) in [6.07, 6.45) is 19.5. The molecule has 1 heteroatoms. The van der Waals surface area contributed by atoms with E-state index in [0.29, 0.717) is 0 Å². The molecule has 2 aliphatic carbocycles. The molecule has 2 fully saturated rings. The topological polar surface area (TPSA) is 12.0 Å². The fourth-order valence-corrected chi connectivity index (χ4v) is 8.15. The van der Waals surface area contributed by atoms with Gasteiger partial charge in [-0.25, -0.2) is 0 Å². The highest BCUT2D eigenvalue weighted by molar-refractivity contribution is 4.92. The first-order valence-electron chi connectivity index (χ1n) is 14.9. The van der Waals surface area contributed by atoms with Crippen molar-refractivity contribution in [3.05, 3.63) is 12.3 Å². The molecule has 0 aliphatic heterocycles. The van der Waals surface area contributed by atoms with Crippen LogP contribution in [-0.4, -0.2) is 6.54 Å². The molecule has 0 spiro atoms. The second-order valence-electron chi connectivity index (χ2n) is 11.9. The van der Waals surface area contributed by atoms with Crippen molar-refractivity contribution in [3.63, 3.8) is 0 Å². The minimum Gasteiger partial charge on any atom is -0.389 e. The van der Waals surface area contributed by atoms with E-state index in [1.165, 1.54) is 95.6 Å². The minimum absolute atomic E-state index is 0.931. The van der Waals surface area contributed by atoms with E-state index in [1.807, 2.05) is 0 Å². The first kappa shape index (κ1) is 27.8. The summed E-state index contributed by atoms with van der Waals surface area (Å²) in [6, 6.07) is 0. The zero-order valence-electron chi connectivity index (χ0n) is 22.9. The number of allylic oxidation sites excluding steroid dienone is 1. The molecule has 0 saturated heterocycles. The van der Waals surface area contributed by atoms with Crippen molar-refractivity contribution in [3.8, 4) is 0 Å². The largest absolute Gasteiger partial charge is 0.389 e. The Morgan fingerprint density at radius 3 is 2.00 bits per heavy atom. The van der Waals surface area contributed by atoms with Crippen LogP contribution in [0.5, 0.6) is 0 Å². The van der Waals surface area contributed by atoms with Gasteiger partial charge in [0.05, 0.1) is 0 Å². The molecule has 188 valence electrons. The lowest BCUT2D eigenvalue weighted by Crippen LogP contribution is -2.30. The van der Waals surface area contributed by atoms with E-state index in [1.54, 1.807) is 0 Å². The van der Waals surface area contributed by atoms with E-state index in [4.69, 9.17) is 0 Å². The van der Waals surface area contributed by atoms with E-state index < -0.39 is 0 Å². The van der Waals surface area contributed by atoms with Crippen molar-refractivity contribution in [1.29, 1.82) is 0 Å². The highest BCUT2D eigenvalue weighted by atomic mass is 14.9. The van der Waals surface area contributed by atoms with Crippen molar-refractivity contribution < 1.29 is 0 Å². The maximum absolute atomic E-state index is 4.32. The Hall–Kier alpha value is -0.460. The maximum atomic E-state index is 4.32. The normalized spacial score (nSPS) is 35.2. The molecule has 8 atom stereocenters. The molecule has 0 heterocycles. The van der Waals surface area contributed by atoms with E-state index in [-0.39, 0.29) is 0 Å². The molecule has 32 heavy (non-hydrogen) atoms. The van der Waals surface area contributed by atoms with Gasteiger partial charge < -0.3 is 5.32 Å². The number of nitrogens with one attached hydrogen (secondary N) is 1. The molecule has 0 bridgehead atoms. The van der Waals surface area contributed by atoms with Crippen LogP contribution < -0.4 is 5.32 Å². The van der Waals surface area contributed by atoms with Crippen LogP contribution in [0.2, 0.25) is 0 Å². The fraction of sp³-hybridized carbons (Fsp3) is 0.935. The second-order valence-corrected chi connectivity index (χ2v) is 11.9. The van der Waals surface area contributed by atoms with Gasteiger partial charge in [-0.3, -0.25) is 0 Å². The third-order valence-electron chi connectivity index (χ3n) is 9.91. The predicted octanol–water partition coefficient (Wildman–Crippen LogP) is 9.63. The van der Waals surface area contributed by atoms with Crippen molar-refractivity contribution in [2.24, 2.45) is 47.3 Å². The Balaban J connectivity index is 1.53. The summed E-state index contributed by atoms with van der Waals surface area (Å²) in [5.41, 5.74) is 1.28. The molecule has 2 saturated carbocycles. The van der Waals surface area contributed by atoms with Gasteiger partial charge in [0.15, 0.2) is 0 Å². The fourth-order valence-electron chi connectivity index (χ4n) is 8.15. The summed E-state index contributed by atoms with van der Waals surface area (Å²) in [7, 11) is 0. The molecule has 0 aromatic rings. The van der Waals surface area contributed by atoms with Gasteiger partial charge in [-0.15, -0.1) is 0 Å². The summed E-state index contributed by atoms with van der Waals surface area (Å²) >= 11 is 0. The Morgan fingerprint density at radius 1 is 0.688 bits per heavy atom. The number of rotatable bonds is 15. The van der Waals surface area contributed by atoms with Gasteiger partial charge >= 0.3 is 0 Å². The highest BCUT2D eigenvalue weighted by Gasteiger charge is 2.38. The van der Waals surface area contributed by atoms with Crippen LogP contribution in [0.4, 0.5) is 0 Å². The summed E-state index contributed by atoms with van der Waals surface area (Å²) in [5, 5.41) is 3.66. The van der Waals surface area contributed by atoms with Crippen LogP contribution in [0.3, 0.4) is 0 Å². The van der Waals surface area contributed by atoms with E-state index in [2.05, 4.69) is 53.4 Å². The van der Waals surface area contributed by atoms with Crippen LogP contribution in [0.1, 0.15) is 131 Å². The molecule has 2 rings (SSSR count). The zero-order valence-corrected chi connectivity index (χ0v) is 22.9. The van der Waals surface area contributed by atoms with Gasteiger partial charge in [0.2, 0.25) is 0 Å². The number of hydrogen-bond acceptors (Lipinski definition) is 1. The SMILES string of the molecule is C=C(CCCCCC1CC(C)C(CC)C(CC)C1)NCCCC1C(C)CC(CC)C1CC. The molecule has 1 N–H and O–H groups in total. The Bertz CT molecular complexity index is 511. The molecular weight excluding hydrogens is 386 g/mol. The van der Waals surface area contributed by atoms with Crippen LogP contribution in [0.25, 0.3) is 0 Å². The smallest absolute Gasteiger partial charge is 0.0143 e. The van der Waals surface area contributed by atoms with E-state index >= 15 is 0 Å². The molecule has 0 amide bonds. The van der Waals surface area contributed by atoms with Crippen molar-refractivity contribution >= 4 is 0 Å². The summed E-state index contributed by atoms with van der Waals surface area (Å²) in [5.74, 6) is 7.78. The second kappa shape index (κ2) is 14.7. The highest BCUT2D eigenvalue weighted by Crippen LogP contribution is 2.46. The molecule has 8 unspecified atom stereocenters. The standard InChI is InChI=1S/C31H59N/c1-8-27-21-24(6)31(30(27)11-4)18-15-19-32-25(7)16-13-12-14-17-26-20-23(5)29(10-3)28(9-2)22-26/h23-24,26-32H,7-22H2,1-6H3. The van der Waals surface area contributed by atoms with Crippen LogP contribution >= 0.6 is 0 Å². The van der Waals surface area contributed by atoms with Gasteiger partial charge in [-0.2, -0.15) is 0 Å². The van der Waals surface area contributed by atoms with Gasteiger partial charge in [0.25, 0.3) is 0 Å². The van der Waals surface area contributed by atoms with Gasteiger partial charge in [-0.05, 0) is 92.3 Å². The lowest BCUT2D eigenvalue weighted by molar-refractivity contribution is 0.103. The van der Waals surface area contributed by atoms with Gasteiger partial charge in [0.1, 0.15) is 0 Å². The first-order valence-corrected chi connectivity index (χ1v) is 14.9. The molecular formula is C31H59N. The number of hydrogen-bond donors (Lipinski definition) is 1. The Labute approximate surface area is 203 Å². The quantitative estimate of drug-likeness (QED) is 0.247. The first-order chi connectivity index (χ1) is 15.4. The van der Waals surface area contributed by atoms with Gasteiger partial charge in [-0.1, -0.05) is 93.1 Å². The molecule has 1 nitrogen and oxygen atoms in total. The monoisotopic (exact) mass is 445 g/mol. The predicted molar refractivity (Wildman–Crippen MR) is 144 cm³/mol. The average molecular weight is 446 g/mol. The average Bonchev–Trinajstić information content (AvgIpc) is 3.10. The van der Waals surface area contributed by atoms with E-state index in [0.717, 1.165) is 53.9 Å². The van der Waals surface area contributed by atoms with Crippen LogP contribution in [0.15, 0.2) is 12.3 Å². The van der Waals surface area contributed by atoms with Gasteiger partial charge in [0, 0.05) is 12.2 Å². The lowest BCUT2D eigenvalue weighted by atomic mass is 9.65. The summed E-state index contributed by atoms with van der Waals surface area (Å²) in [6.45, 7) is 20.1. The van der Waals surface area contributed by atoms with E-state index in [9.17, 15) is 0 Å². The van der Waals surface area contributed by atoms with Crippen LogP contribution in [0, 0.1) is 47.3 Å². The van der Waals surface area contributed by atoms with Crippen molar-refractivity contribution in [1.82, 2.24) is 5.32 Å². The summed E-state index contributed by atoms with van der Waals surface area (Å²) in [4.78, 5) is 0. The third kappa shape index (κ3) is 8.09. The number of unbranched alkanes of at least 4 members (excludes halogenated alkanes) is 2. The third-order valence-corrected chi connectivity index (χ3v) is 9.91. The Kier molecular flexibility index (Phi) is 12.8. The lowest BCUT2D eigenvalue weighted by Gasteiger charge is -2.40. The van der Waals surface area contributed by atoms with Crippen molar-refractivity contribution in [2.75, 3.05) is 6.54 Å². The molecule has 0 radical (unpaired) electrons. The maximum Gasteiger partial charge on any atom is 0.0143 e. The van der Waals surface area contributed by atoms with Crippen molar-refractivity contribution in [2.45, 2.75) is 131 Å². The minimum atomic E-state index is 0.931. The Morgan fingerprint density at radius 2 is 1.34 bits per heavy atom. The molecule has 0 aromatic carbocycles. The molecule has 2 aliphatic rings. The van der Waals surface area contributed by atoms with Crippen LogP contribution in [-0.2, 0) is 0 Å².